The SMILES string of the molecule is CC#CC#CC#CC#CC#CC(=O)OC[C@H](CO)OC(=O)CCCCCCCCCCCCCC.CC(=O)S.[HH].[HH].[HH].[HH].[HH].[HH].[HH].[HH].[HH]. The summed E-state index contributed by atoms with van der Waals surface area (Å²) in [6.07, 6.45) is 14.0. The molecule has 0 aromatic heterocycles. The minimum absolute atomic E-state index is 0. The molecule has 0 aliphatic rings. The normalized spacial score (nSPS) is 9.36. The number of carbonyl (C=O) groups is 3. The van der Waals surface area contributed by atoms with Gasteiger partial charge in [-0.2, -0.15) is 0 Å². The zero-order valence-corrected chi connectivity index (χ0v) is 24.5. The number of unbranched alkanes of at least 4 members (excludes halogenated alkanes) is 11. The third-order valence-corrected chi connectivity index (χ3v) is 4.86. The Labute approximate surface area is 254 Å². The maximum absolute atomic E-state index is 11.9. The minimum Gasteiger partial charge on any atom is -0.456 e. The Morgan fingerprint density at radius 3 is 1.67 bits per heavy atom. The van der Waals surface area contributed by atoms with Gasteiger partial charge in [0, 0.05) is 32.1 Å². The Bertz CT molecular complexity index is 1030. The fourth-order valence-corrected chi connectivity index (χ4v) is 3.02. The first kappa shape index (κ1) is 37.9. The van der Waals surface area contributed by atoms with E-state index in [1.54, 1.807) is 6.92 Å². The predicted octanol–water partition coefficient (Wildman–Crippen LogP) is 7.24. The fourth-order valence-electron chi connectivity index (χ4n) is 3.02. The van der Waals surface area contributed by atoms with E-state index in [1.807, 2.05) is 0 Å². The number of hydrogen-bond acceptors (Lipinski definition) is 6. The maximum Gasteiger partial charge on any atom is 0.385 e. The van der Waals surface area contributed by atoms with E-state index in [0.717, 1.165) is 19.3 Å². The first-order chi connectivity index (χ1) is 18.9. The molecule has 7 heteroatoms. The lowest BCUT2D eigenvalue weighted by Crippen LogP contribution is -2.28. The monoisotopic (exact) mass is 572 g/mol. The molecule has 0 spiro atoms. The van der Waals surface area contributed by atoms with Crippen molar-refractivity contribution in [3.05, 3.63) is 0 Å². The molecular formula is C32H60O6S. The lowest BCUT2D eigenvalue weighted by atomic mass is 10.0. The Balaban J connectivity index is -0.000000110. The summed E-state index contributed by atoms with van der Waals surface area (Å²) in [5.74, 6) is 23.1. The van der Waals surface area contributed by atoms with E-state index >= 15 is 0 Å². The van der Waals surface area contributed by atoms with Gasteiger partial charge in [-0.1, -0.05) is 83.5 Å². The molecule has 0 saturated heterocycles. The Morgan fingerprint density at radius 2 is 1.21 bits per heavy atom. The molecule has 1 atom stereocenters. The summed E-state index contributed by atoms with van der Waals surface area (Å²) in [5, 5.41) is 9.21. The van der Waals surface area contributed by atoms with E-state index in [4.69, 9.17) is 9.47 Å². The molecular weight excluding hydrogens is 512 g/mol. The second-order valence-corrected chi connectivity index (χ2v) is 9.06. The number of thiol groups is 1. The van der Waals surface area contributed by atoms with Gasteiger partial charge < -0.3 is 14.6 Å². The van der Waals surface area contributed by atoms with Crippen LogP contribution in [0.25, 0.3) is 0 Å². The van der Waals surface area contributed by atoms with Gasteiger partial charge >= 0.3 is 11.9 Å². The van der Waals surface area contributed by atoms with Gasteiger partial charge in [0.15, 0.2) is 11.2 Å². The lowest BCUT2D eigenvalue weighted by Gasteiger charge is -2.14. The molecule has 0 aliphatic carbocycles. The van der Waals surface area contributed by atoms with Gasteiger partial charge in [0.05, 0.1) is 6.61 Å². The molecule has 230 valence electrons. The van der Waals surface area contributed by atoms with Crippen molar-refractivity contribution in [2.75, 3.05) is 13.2 Å². The zero-order chi connectivity index (χ0) is 29.4. The summed E-state index contributed by atoms with van der Waals surface area (Å²) < 4.78 is 10.1. The molecule has 0 heterocycles. The fraction of sp³-hybridized carbons (Fsp3) is 0.594. The highest BCUT2D eigenvalue weighted by atomic mass is 32.1. The van der Waals surface area contributed by atoms with Crippen molar-refractivity contribution < 1.29 is 41.8 Å². The number of rotatable bonds is 17. The van der Waals surface area contributed by atoms with Crippen LogP contribution in [-0.2, 0) is 23.9 Å². The molecule has 6 nitrogen and oxygen atoms in total. The van der Waals surface area contributed by atoms with Crippen LogP contribution < -0.4 is 0 Å². The van der Waals surface area contributed by atoms with E-state index in [2.05, 4.69) is 78.8 Å². The first-order valence-corrected chi connectivity index (χ1v) is 13.9. The molecule has 1 N–H and O–H groups in total. The smallest absolute Gasteiger partial charge is 0.385 e. The number of aliphatic hydroxyl groups excluding tert-OH is 1. The molecule has 0 aromatic carbocycles. The van der Waals surface area contributed by atoms with Crippen LogP contribution in [0.5, 0.6) is 0 Å². The number of ether oxygens (including phenoxy) is 2. The summed E-state index contributed by atoms with van der Waals surface area (Å²) in [6.45, 7) is 4.59. The van der Waals surface area contributed by atoms with Gasteiger partial charge in [-0.25, -0.2) is 4.79 Å². The average Bonchev–Trinajstić information content (AvgIpc) is 2.90. The van der Waals surface area contributed by atoms with Crippen LogP contribution in [0.2, 0.25) is 0 Å². The van der Waals surface area contributed by atoms with Crippen molar-refractivity contribution >= 4 is 29.7 Å². The summed E-state index contributed by atoms with van der Waals surface area (Å²) in [5.41, 5.74) is 0. The van der Waals surface area contributed by atoms with Crippen molar-refractivity contribution in [1.82, 2.24) is 0 Å². The van der Waals surface area contributed by atoms with Crippen molar-refractivity contribution in [3.8, 4) is 59.2 Å². The second kappa shape index (κ2) is 30.9. The summed E-state index contributed by atoms with van der Waals surface area (Å²) in [6, 6.07) is 0. The van der Waals surface area contributed by atoms with Gasteiger partial charge in [0.25, 0.3) is 0 Å². The van der Waals surface area contributed by atoms with E-state index in [9.17, 15) is 19.5 Å². The average molecular weight is 573 g/mol. The number of esters is 2. The van der Waals surface area contributed by atoms with Gasteiger partial charge in [-0.3, -0.25) is 9.59 Å². The molecule has 39 heavy (non-hydrogen) atoms. The van der Waals surface area contributed by atoms with E-state index in [0.29, 0.717) is 0 Å². The third-order valence-electron chi connectivity index (χ3n) is 4.86. The highest BCUT2D eigenvalue weighted by molar-refractivity contribution is 7.96. The van der Waals surface area contributed by atoms with Crippen molar-refractivity contribution in [2.45, 2.75) is 110 Å². The summed E-state index contributed by atoms with van der Waals surface area (Å²) in [4.78, 5) is 32.8. The number of aliphatic hydroxyl groups is 1. The highest BCUT2D eigenvalue weighted by Gasteiger charge is 2.15. The summed E-state index contributed by atoms with van der Waals surface area (Å²) in [7, 11) is 0. The van der Waals surface area contributed by atoms with Crippen molar-refractivity contribution in [1.29, 1.82) is 0 Å². The van der Waals surface area contributed by atoms with E-state index in [-0.39, 0.29) is 31.0 Å². The molecule has 0 rings (SSSR count). The standard InChI is InChI=1S/C30H38O5.C2H4OS.9H2/c1-3-5-7-9-11-13-14-15-17-19-21-23-25-30(33)35-28(26-31)27-34-29(32)24-22-20-18-16-12-10-8-6-4-2;1-2(3)4;;;;;;;;;/h28,31H,3,5,7,9,11,13-15,17,19,21,23,25-27H2,1-2H3;1H3,(H,3,4);9*1H/t28-;;;;;;;;;;/m0........../s1. The van der Waals surface area contributed by atoms with Gasteiger partial charge in [0.1, 0.15) is 6.61 Å². The van der Waals surface area contributed by atoms with Crippen molar-refractivity contribution in [3.63, 3.8) is 0 Å². The van der Waals surface area contributed by atoms with Gasteiger partial charge in [-0.15, -0.1) is 12.6 Å². The molecule has 0 aromatic rings. The highest BCUT2D eigenvalue weighted by Crippen LogP contribution is 2.12. The number of carbonyl (C=O) groups excluding carboxylic acids is 3. The van der Waals surface area contributed by atoms with Crippen LogP contribution in [0.3, 0.4) is 0 Å². The first-order valence-electron chi connectivity index (χ1n) is 13.5. The molecule has 0 radical (unpaired) electrons. The molecule has 0 bridgehead atoms. The molecule has 0 saturated carbocycles. The summed E-state index contributed by atoms with van der Waals surface area (Å²) >= 11 is 3.33. The lowest BCUT2D eigenvalue weighted by molar-refractivity contribution is -0.159. The Hall–Kier alpha value is -3.28. The molecule has 0 fully saturated rings. The van der Waals surface area contributed by atoms with Crippen LogP contribution in [0.15, 0.2) is 0 Å². The van der Waals surface area contributed by atoms with Crippen LogP contribution >= 0.6 is 12.6 Å². The van der Waals surface area contributed by atoms with Crippen LogP contribution in [-0.4, -0.2) is 41.5 Å². The second-order valence-electron chi connectivity index (χ2n) is 8.43. The van der Waals surface area contributed by atoms with Crippen LogP contribution in [0, 0.1) is 59.2 Å². The minimum atomic E-state index is -0.910. The van der Waals surface area contributed by atoms with Crippen LogP contribution in [0.1, 0.15) is 117 Å². The van der Waals surface area contributed by atoms with Crippen LogP contribution in [0.4, 0.5) is 0 Å². The quantitative estimate of drug-likeness (QED) is 0.0628. The zero-order valence-electron chi connectivity index (χ0n) is 23.6. The predicted molar refractivity (Wildman–Crippen MR) is 177 cm³/mol. The Morgan fingerprint density at radius 1 is 0.769 bits per heavy atom. The largest absolute Gasteiger partial charge is 0.456 e. The third kappa shape index (κ3) is 34.7. The molecule has 0 amide bonds. The van der Waals surface area contributed by atoms with E-state index in [1.165, 1.54) is 64.7 Å². The van der Waals surface area contributed by atoms with Gasteiger partial charge in [0.2, 0.25) is 0 Å². The molecule has 0 aliphatic heterocycles. The maximum atomic E-state index is 11.9. The van der Waals surface area contributed by atoms with Crippen molar-refractivity contribution in [2.24, 2.45) is 0 Å². The van der Waals surface area contributed by atoms with E-state index < -0.39 is 24.6 Å². The topological polar surface area (TPSA) is 89.9 Å². The number of hydrogen-bond donors (Lipinski definition) is 2. The molecule has 0 unspecified atom stereocenters. The Kier molecular flexibility index (Phi) is 30.0. The van der Waals surface area contributed by atoms with Gasteiger partial charge in [-0.05, 0) is 60.7 Å².